The number of fused-ring (bicyclic) bond motifs is 9. The summed E-state index contributed by atoms with van der Waals surface area (Å²) in [5.74, 6) is -0.588. The molecule has 0 spiro atoms. The van der Waals surface area contributed by atoms with Crippen LogP contribution < -0.4 is 26.2 Å². The number of benzene rings is 7. The molecule has 0 fully saturated rings. The van der Waals surface area contributed by atoms with E-state index in [2.05, 4.69) is 145 Å². The molecule has 0 amide bonds. The minimum absolute atomic E-state index is 0.0609. The Morgan fingerprint density at radius 2 is 1.22 bits per heavy atom. The van der Waals surface area contributed by atoms with Crippen LogP contribution in [-0.2, 0) is 23.7 Å². The van der Waals surface area contributed by atoms with Crippen molar-refractivity contribution in [2.75, 3.05) is 9.80 Å². The van der Waals surface area contributed by atoms with E-state index in [1.54, 1.807) is 12.1 Å². The van der Waals surface area contributed by atoms with Crippen LogP contribution in [0.2, 0.25) is 0 Å². The van der Waals surface area contributed by atoms with E-state index in [1.165, 1.54) is 5.56 Å². The number of hydrogen-bond donors (Lipinski definition) is 0. The van der Waals surface area contributed by atoms with E-state index in [1.807, 2.05) is 24.3 Å². The number of halogens is 2. The summed E-state index contributed by atoms with van der Waals surface area (Å²) in [6.07, 6.45) is 2.40. The van der Waals surface area contributed by atoms with Crippen molar-refractivity contribution in [1.29, 1.82) is 0 Å². The Morgan fingerprint density at radius 3 is 1.83 bits per heavy atom. The van der Waals surface area contributed by atoms with Gasteiger partial charge in [0.15, 0.2) is 0 Å². The molecule has 6 heteroatoms. The first-order chi connectivity index (χ1) is 28.7. The van der Waals surface area contributed by atoms with Crippen molar-refractivity contribution in [3.63, 3.8) is 0 Å². The van der Waals surface area contributed by atoms with Gasteiger partial charge in [0.25, 0.3) is 6.71 Å². The molecule has 8 aromatic rings. The van der Waals surface area contributed by atoms with E-state index < -0.39 is 0 Å². The van der Waals surface area contributed by atoms with Gasteiger partial charge in [0.1, 0.15) is 22.8 Å². The number of hydrogen-bond acceptors (Lipinski definition) is 3. The quantitative estimate of drug-likeness (QED) is 0.156. The van der Waals surface area contributed by atoms with E-state index in [-0.39, 0.29) is 29.2 Å². The van der Waals surface area contributed by atoms with Gasteiger partial charge in [-0.1, -0.05) is 116 Å². The van der Waals surface area contributed by atoms with Crippen LogP contribution >= 0.6 is 0 Å². The average Bonchev–Trinajstić information content (AvgIpc) is 3.62. The van der Waals surface area contributed by atoms with E-state index in [0.717, 1.165) is 113 Å². The summed E-state index contributed by atoms with van der Waals surface area (Å²) in [4.78, 5) is 4.35. The fourth-order valence-corrected chi connectivity index (χ4v) is 9.83. The second-order valence-electron chi connectivity index (χ2n) is 18.7. The van der Waals surface area contributed by atoms with Crippen molar-refractivity contribution in [2.24, 2.45) is 0 Å². The topological polar surface area (TPSA) is 19.6 Å². The van der Waals surface area contributed by atoms with Crippen molar-refractivity contribution < 1.29 is 13.2 Å². The normalized spacial score (nSPS) is 13.7. The van der Waals surface area contributed by atoms with Crippen LogP contribution in [0, 0.1) is 18.6 Å². The van der Waals surface area contributed by atoms with E-state index in [4.69, 9.17) is 4.42 Å². The molecule has 1 aromatic heterocycles. The van der Waals surface area contributed by atoms with Gasteiger partial charge in [0.2, 0.25) is 0 Å². The molecule has 60 heavy (non-hydrogen) atoms. The summed E-state index contributed by atoms with van der Waals surface area (Å²) in [5.41, 5.74) is 14.6. The summed E-state index contributed by atoms with van der Waals surface area (Å²) in [6.45, 7) is 19.5. The first-order valence-electron chi connectivity index (χ1n) is 21.6. The molecule has 0 N–H and O–H groups in total. The van der Waals surface area contributed by atoms with Crippen LogP contribution in [0.25, 0.3) is 32.7 Å². The Kier molecular flexibility index (Phi) is 8.67. The predicted molar refractivity (Wildman–Crippen MR) is 251 cm³/mol. The summed E-state index contributed by atoms with van der Waals surface area (Å²) in [6, 6.07) is 37.4. The minimum Gasteiger partial charge on any atom is -0.456 e. The van der Waals surface area contributed by atoms with Crippen LogP contribution in [0.4, 0.5) is 42.9 Å². The van der Waals surface area contributed by atoms with Crippen LogP contribution in [0.15, 0.2) is 114 Å². The SMILES string of the molecule is CCc1ccc(F)c(N2c3cc(C(C)(C)CC)cc4c3B(c3cc5c(oc6ccc(C(C)(C)C)cc65)c(C)c32)c2ccc3ccccc3c2N4c2cc(CC)ccc2F)c1. The molecule has 0 radical (unpaired) electrons. The zero-order valence-electron chi connectivity index (χ0n) is 36.1. The monoisotopic (exact) mass is 792 g/mol. The van der Waals surface area contributed by atoms with Gasteiger partial charge >= 0.3 is 0 Å². The summed E-state index contributed by atoms with van der Waals surface area (Å²) < 4.78 is 40.6. The van der Waals surface area contributed by atoms with Gasteiger partial charge in [0, 0.05) is 44.5 Å². The molecule has 3 heterocycles. The third-order valence-electron chi connectivity index (χ3n) is 13.8. The lowest BCUT2D eigenvalue weighted by molar-refractivity contribution is 0.506. The molecule has 0 saturated heterocycles. The first-order valence-corrected chi connectivity index (χ1v) is 21.6. The molecule has 0 bridgehead atoms. The van der Waals surface area contributed by atoms with Crippen molar-refractivity contribution in [1.82, 2.24) is 0 Å². The van der Waals surface area contributed by atoms with Gasteiger partial charge in [0.05, 0.1) is 11.4 Å². The molecular formula is C54H51BF2N2O. The Hall–Kier alpha value is -5.88. The Balaban J connectivity index is 1.42. The third-order valence-corrected chi connectivity index (χ3v) is 13.8. The second kappa shape index (κ2) is 13.6. The fraction of sp³-hybridized carbons (Fsp3) is 0.259. The zero-order chi connectivity index (χ0) is 42.0. The summed E-state index contributed by atoms with van der Waals surface area (Å²) in [5, 5.41) is 4.24. The first kappa shape index (κ1) is 38.3. The second-order valence-corrected chi connectivity index (χ2v) is 18.7. The van der Waals surface area contributed by atoms with Crippen molar-refractivity contribution in [3.8, 4) is 0 Å². The lowest BCUT2D eigenvalue weighted by atomic mass is 9.33. The van der Waals surface area contributed by atoms with Crippen LogP contribution in [0.1, 0.15) is 89.6 Å². The smallest absolute Gasteiger partial charge is 0.252 e. The number of aryl methyl sites for hydroxylation is 3. The molecule has 300 valence electrons. The van der Waals surface area contributed by atoms with Crippen molar-refractivity contribution in [3.05, 3.63) is 149 Å². The van der Waals surface area contributed by atoms with Gasteiger partial charge in [-0.25, -0.2) is 8.78 Å². The zero-order valence-corrected chi connectivity index (χ0v) is 36.1. The predicted octanol–water partition coefficient (Wildman–Crippen LogP) is 13.5. The largest absolute Gasteiger partial charge is 0.456 e. The third kappa shape index (κ3) is 5.59. The Labute approximate surface area is 352 Å². The molecule has 0 unspecified atom stereocenters. The van der Waals surface area contributed by atoms with Gasteiger partial charge in [-0.05, 0) is 130 Å². The molecular weight excluding hydrogens is 741 g/mol. The molecule has 2 aliphatic heterocycles. The molecule has 0 saturated carbocycles. The van der Waals surface area contributed by atoms with Gasteiger partial charge in [-0.3, -0.25) is 0 Å². The number of nitrogens with zero attached hydrogens (tertiary/aromatic N) is 2. The minimum atomic E-state index is -0.301. The number of anilines is 6. The summed E-state index contributed by atoms with van der Waals surface area (Å²) in [7, 11) is 0. The number of rotatable bonds is 6. The summed E-state index contributed by atoms with van der Waals surface area (Å²) >= 11 is 0. The van der Waals surface area contributed by atoms with E-state index >= 15 is 8.78 Å². The van der Waals surface area contributed by atoms with Gasteiger partial charge in [-0.2, -0.15) is 0 Å². The van der Waals surface area contributed by atoms with Crippen molar-refractivity contribution in [2.45, 2.75) is 92.4 Å². The highest BCUT2D eigenvalue weighted by Gasteiger charge is 2.46. The Bertz CT molecular complexity index is 3080. The van der Waals surface area contributed by atoms with E-state index in [0.29, 0.717) is 11.4 Å². The van der Waals surface area contributed by atoms with Gasteiger partial charge < -0.3 is 14.2 Å². The maximum atomic E-state index is 16.9. The highest BCUT2D eigenvalue weighted by molar-refractivity contribution is 7.00. The highest BCUT2D eigenvalue weighted by Crippen LogP contribution is 2.51. The molecule has 7 aromatic carbocycles. The molecule has 0 aliphatic carbocycles. The average molecular weight is 793 g/mol. The van der Waals surface area contributed by atoms with Crippen LogP contribution in [-0.4, -0.2) is 6.71 Å². The maximum absolute atomic E-state index is 16.9. The molecule has 3 nitrogen and oxygen atoms in total. The van der Waals surface area contributed by atoms with E-state index in [9.17, 15) is 0 Å². The highest BCUT2D eigenvalue weighted by atomic mass is 19.1. The molecule has 10 rings (SSSR count). The lowest BCUT2D eigenvalue weighted by Crippen LogP contribution is -2.61. The molecule has 2 aliphatic rings. The van der Waals surface area contributed by atoms with Crippen LogP contribution in [0.3, 0.4) is 0 Å². The van der Waals surface area contributed by atoms with Gasteiger partial charge in [-0.15, -0.1) is 0 Å². The standard InChI is InChI=1S/C54H51BF2N2O/c1-10-32-17-22-42(56)44(25-32)58-46-28-36(54(8,9)12-3)29-47-49(46)55(41-30-39-38-27-35(53(5,6)7)20-24-48(38)60-52(39)31(4)50(41)58)40-21-19-34-15-13-14-16-37(34)51(40)59(47)45-26-33(11-2)18-23-43(45)57/h13-30H,10-12H2,1-9H3. The fourth-order valence-electron chi connectivity index (χ4n) is 9.83. The van der Waals surface area contributed by atoms with Crippen LogP contribution in [0.5, 0.6) is 0 Å². The number of furan rings is 1. The Morgan fingerprint density at radius 1 is 0.583 bits per heavy atom. The lowest BCUT2D eigenvalue weighted by Gasteiger charge is -2.46. The molecule has 0 atom stereocenters. The van der Waals surface area contributed by atoms with Crippen molar-refractivity contribution >= 4 is 89.9 Å². The maximum Gasteiger partial charge on any atom is 0.252 e.